The fourth-order valence-corrected chi connectivity index (χ4v) is 6.60. The normalized spacial score (nSPS) is 15.7. The number of hydrogen-bond donors (Lipinski definition) is 2. The summed E-state index contributed by atoms with van der Waals surface area (Å²) < 4.78 is 35.2. The molecule has 1 saturated heterocycles. The van der Waals surface area contributed by atoms with Gasteiger partial charge in [-0.1, -0.05) is 54.6 Å². The largest absolute Gasteiger partial charge is 0.497 e. The van der Waals surface area contributed by atoms with E-state index in [0.717, 1.165) is 16.5 Å². The number of carbonyl (C=O) groups is 2. The number of sulfonamides is 1. The lowest BCUT2D eigenvalue weighted by atomic mass is 9.98. The Morgan fingerprint density at radius 2 is 1.77 bits per heavy atom. The second kappa shape index (κ2) is 13.1. The van der Waals surface area contributed by atoms with Gasteiger partial charge < -0.3 is 15.0 Å². The molecular formula is C33H32N4O5S. The molecule has 2 atom stereocenters. The molecule has 0 bridgehead atoms. The van der Waals surface area contributed by atoms with Crippen molar-refractivity contribution in [3.8, 4) is 11.8 Å². The van der Waals surface area contributed by atoms with Crippen molar-refractivity contribution in [3.63, 3.8) is 0 Å². The van der Waals surface area contributed by atoms with Crippen molar-refractivity contribution in [2.75, 3.05) is 20.2 Å². The first-order valence-corrected chi connectivity index (χ1v) is 15.5. The average Bonchev–Trinajstić information content (AvgIpc) is 3.38. The highest BCUT2D eigenvalue weighted by Crippen LogP contribution is 2.27. The Bertz CT molecular complexity index is 1790. The average molecular weight is 597 g/mol. The van der Waals surface area contributed by atoms with Crippen LogP contribution >= 0.6 is 0 Å². The van der Waals surface area contributed by atoms with Crippen LogP contribution < -0.4 is 14.8 Å². The molecule has 0 radical (unpaired) electrons. The molecule has 10 heteroatoms. The van der Waals surface area contributed by atoms with Gasteiger partial charge in [0.2, 0.25) is 21.8 Å². The molecule has 1 aliphatic rings. The zero-order chi connectivity index (χ0) is 30.4. The predicted molar refractivity (Wildman–Crippen MR) is 162 cm³/mol. The van der Waals surface area contributed by atoms with Crippen molar-refractivity contribution in [2.45, 2.75) is 30.3 Å². The van der Waals surface area contributed by atoms with E-state index in [0.29, 0.717) is 36.1 Å². The van der Waals surface area contributed by atoms with Crippen LogP contribution in [0.2, 0.25) is 0 Å². The van der Waals surface area contributed by atoms with Gasteiger partial charge in [-0.3, -0.25) is 9.59 Å². The Kier molecular flexibility index (Phi) is 9.04. The van der Waals surface area contributed by atoms with E-state index in [1.165, 1.54) is 19.2 Å². The molecule has 0 saturated carbocycles. The third kappa shape index (κ3) is 7.02. The molecule has 4 aromatic carbocycles. The molecule has 9 nitrogen and oxygen atoms in total. The van der Waals surface area contributed by atoms with Crippen LogP contribution in [0.5, 0.6) is 5.75 Å². The lowest BCUT2D eigenvalue weighted by Gasteiger charge is -2.24. The Morgan fingerprint density at radius 1 is 1.00 bits per heavy atom. The Balaban J connectivity index is 1.38. The summed E-state index contributed by atoms with van der Waals surface area (Å²) in [4.78, 5) is 28.7. The summed E-state index contributed by atoms with van der Waals surface area (Å²) in [5, 5.41) is 13.6. The molecule has 1 unspecified atom stereocenters. The molecule has 5 rings (SSSR count). The second-order valence-corrected chi connectivity index (χ2v) is 12.2. The van der Waals surface area contributed by atoms with Crippen LogP contribution in [0.25, 0.3) is 10.8 Å². The number of methoxy groups -OCH3 is 1. The molecule has 1 fully saturated rings. The van der Waals surface area contributed by atoms with Gasteiger partial charge in [0.05, 0.1) is 29.6 Å². The van der Waals surface area contributed by atoms with Gasteiger partial charge >= 0.3 is 0 Å². The zero-order valence-electron chi connectivity index (χ0n) is 23.7. The van der Waals surface area contributed by atoms with Gasteiger partial charge in [0.1, 0.15) is 11.8 Å². The van der Waals surface area contributed by atoms with E-state index in [9.17, 15) is 23.3 Å². The minimum Gasteiger partial charge on any atom is -0.497 e. The minimum atomic E-state index is -4.20. The van der Waals surface area contributed by atoms with Crippen LogP contribution in [0.4, 0.5) is 0 Å². The summed E-state index contributed by atoms with van der Waals surface area (Å²) in [6, 6.07) is 27.4. The first kappa shape index (κ1) is 29.8. The lowest BCUT2D eigenvalue weighted by Crippen LogP contribution is -2.53. The van der Waals surface area contributed by atoms with E-state index in [2.05, 4.69) is 16.1 Å². The van der Waals surface area contributed by atoms with E-state index in [-0.39, 0.29) is 23.9 Å². The first-order chi connectivity index (χ1) is 20.8. The van der Waals surface area contributed by atoms with E-state index in [1.54, 1.807) is 41.3 Å². The molecule has 0 aliphatic carbocycles. The molecule has 1 heterocycles. The number of fused-ring (bicyclic) bond motifs is 1. The Morgan fingerprint density at radius 3 is 2.53 bits per heavy atom. The number of rotatable bonds is 11. The second-order valence-electron chi connectivity index (χ2n) is 10.5. The molecule has 4 aromatic rings. The van der Waals surface area contributed by atoms with Gasteiger partial charge in [0.25, 0.3) is 0 Å². The molecule has 2 N–H and O–H groups in total. The quantitative estimate of drug-likeness (QED) is 0.271. The fraction of sp³-hybridized carbons (Fsp3) is 0.242. The summed E-state index contributed by atoms with van der Waals surface area (Å²) in [5.41, 5.74) is 2.29. The van der Waals surface area contributed by atoms with Crippen LogP contribution in [-0.4, -0.2) is 51.4 Å². The number of nitrogens with zero attached hydrogens (tertiary/aromatic N) is 2. The van der Waals surface area contributed by atoms with Crippen LogP contribution in [0.15, 0.2) is 95.9 Å². The highest BCUT2D eigenvalue weighted by atomic mass is 32.2. The molecule has 1 aliphatic heterocycles. The molecule has 43 heavy (non-hydrogen) atoms. The number of ether oxygens (including phenoxy) is 1. The number of hydrogen-bond acceptors (Lipinski definition) is 6. The number of carbonyl (C=O) groups excluding carboxylic acids is 2. The summed E-state index contributed by atoms with van der Waals surface area (Å²) >= 11 is 0. The highest BCUT2D eigenvalue weighted by Gasteiger charge is 2.42. The number of benzene rings is 4. The molecule has 0 spiro atoms. The smallest absolute Gasteiger partial charge is 0.241 e. The number of likely N-dealkylation sites (tertiary alicyclic amines) is 1. The summed E-state index contributed by atoms with van der Waals surface area (Å²) in [5.74, 6) is -1.20. The third-order valence-electron chi connectivity index (χ3n) is 7.62. The SMILES string of the molecule is COc1ccc2ccc(S(=O)(=O)NC(C(=O)NCCc3ccccc3)[C@@H]3CCN(Cc4cccc(C#N)c4)C3=O)cc2c1. The van der Waals surface area contributed by atoms with Gasteiger partial charge in [-0.15, -0.1) is 0 Å². The summed E-state index contributed by atoms with van der Waals surface area (Å²) in [6.45, 7) is 0.889. The van der Waals surface area contributed by atoms with E-state index in [4.69, 9.17) is 4.74 Å². The fourth-order valence-electron chi connectivity index (χ4n) is 5.32. The van der Waals surface area contributed by atoms with Crippen molar-refractivity contribution >= 4 is 32.6 Å². The zero-order valence-corrected chi connectivity index (χ0v) is 24.5. The number of nitriles is 1. The van der Waals surface area contributed by atoms with Crippen LogP contribution in [0, 0.1) is 17.2 Å². The van der Waals surface area contributed by atoms with Crippen LogP contribution in [0.1, 0.15) is 23.1 Å². The maximum Gasteiger partial charge on any atom is 0.241 e. The molecule has 2 amide bonds. The van der Waals surface area contributed by atoms with Crippen molar-refractivity contribution < 1.29 is 22.7 Å². The predicted octanol–water partition coefficient (Wildman–Crippen LogP) is 3.77. The number of nitrogens with one attached hydrogen (secondary N) is 2. The van der Waals surface area contributed by atoms with Crippen molar-refractivity contribution in [1.29, 1.82) is 5.26 Å². The van der Waals surface area contributed by atoms with Crippen molar-refractivity contribution in [3.05, 3.63) is 108 Å². The van der Waals surface area contributed by atoms with Crippen LogP contribution in [0.3, 0.4) is 0 Å². The third-order valence-corrected chi connectivity index (χ3v) is 9.06. The Labute approximate surface area is 251 Å². The Hall–Kier alpha value is -4.72. The summed E-state index contributed by atoms with van der Waals surface area (Å²) in [7, 11) is -2.66. The molecule has 220 valence electrons. The molecular weight excluding hydrogens is 564 g/mol. The van der Waals surface area contributed by atoms with Gasteiger partial charge in [-0.05, 0) is 71.1 Å². The monoisotopic (exact) mass is 596 g/mol. The van der Waals surface area contributed by atoms with Crippen molar-refractivity contribution in [2.24, 2.45) is 5.92 Å². The highest BCUT2D eigenvalue weighted by molar-refractivity contribution is 7.89. The standard InChI is InChI=1S/C33H32N4O5S/c1-42-28-12-10-26-11-13-29(20-27(26)19-28)43(40,41)36-31(32(38)35-16-14-23-6-3-2-4-7-23)30-15-17-37(33(30)39)22-25-9-5-8-24(18-25)21-34/h2-13,18-20,30-31,36H,14-17,22H2,1H3,(H,35,38)/t30-,31?/m0/s1. The molecule has 0 aromatic heterocycles. The van der Waals surface area contributed by atoms with E-state index in [1.807, 2.05) is 42.5 Å². The minimum absolute atomic E-state index is 0.0223. The van der Waals surface area contributed by atoms with Gasteiger partial charge in [0, 0.05) is 19.6 Å². The van der Waals surface area contributed by atoms with Gasteiger partial charge in [-0.2, -0.15) is 9.98 Å². The topological polar surface area (TPSA) is 129 Å². The maximum atomic E-state index is 13.7. The van der Waals surface area contributed by atoms with Crippen molar-refractivity contribution in [1.82, 2.24) is 14.9 Å². The van der Waals surface area contributed by atoms with Gasteiger partial charge in [-0.25, -0.2) is 8.42 Å². The number of amides is 2. The van der Waals surface area contributed by atoms with Gasteiger partial charge in [0.15, 0.2) is 0 Å². The van der Waals surface area contributed by atoms with Crippen LogP contribution in [-0.2, 0) is 32.6 Å². The van der Waals surface area contributed by atoms with E-state index < -0.39 is 27.9 Å². The lowest BCUT2D eigenvalue weighted by molar-refractivity contribution is -0.135. The van der Waals surface area contributed by atoms with E-state index >= 15 is 0 Å². The summed E-state index contributed by atoms with van der Waals surface area (Å²) in [6.07, 6.45) is 0.851. The first-order valence-electron chi connectivity index (χ1n) is 14.0. The maximum absolute atomic E-state index is 13.7.